The third kappa shape index (κ3) is 3.20. The van der Waals surface area contributed by atoms with Crippen LogP contribution in [0.15, 0.2) is 18.2 Å². The van der Waals surface area contributed by atoms with E-state index < -0.39 is 0 Å². The fourth-order valence-corrected chi connectivity index (χ4v) is 1.48. The molecule has 0 spiro atoms. The molecule has 0 unspecified atom stereocenters. The van der Waals surface area contributed by atoms with Crippen molar-refractivity contribution in [1.82, 2.24) is 5.32 Å². The largest absolute Gasteiger partial charge is 0.383 e. The summed E-state index contributed by atoms with van der Waals surface area (Å²) in [5.74, 6) is 0. The number of nitro groups is 1. The van der Waals surface area contributed by atoms with Crippen LogP contribution < -0.4 is 10.6 Å². The summed E-state index contributed by atoms with van der Waals surface area (Å²) in [6.45, 7) is 6.33. The number of nitrogens with zero attached hydrogens (tertiary/aromatic N) is 1. The van der Waals surface area contributed by atoms with Crippen LogP contribution in [-0.4, -0.2) is 24.6 Å². The highest BCUT2D eigenvalue weighted by molar-refractivity contribution is 5.59. The maximum atomic E-state index is 10.7. The van der Waals surface area contributed by atoms with Crippen molar-refractivity contribution < 1.29 is 4.92 Å². The average molecular weight is 223 g/mol. The Bertz CT molecular complexity index is 366. The van der Waals surface area contributed by atoms with E-state index in [4.69, 9.17) is 0 Å². The molecular formula is C11H17N3O2. The molecule has 0 atom stereocenters. The predicted octanol–water partition coefficient (Wildman–Crippen LogP) is 1.92. The number of nitrogens with one attached hydrogen (secondary N) is 2. The highest BCUT2D eigenvalue weighted by Crippen LogP contribution is 2.24. The lowest BCUT2D eigenvalue weighted by atomic mass is 10.1. The highest BCUT2D eigenvalue weighted by atomic mass is 16.6. The van der Waals surface area contributed by atoms with Crippen molar-refractivity contribution in [1.29, 1.82) is 0 Å². The Morgan fingerprint density at radius 3 is 2.75 bits per heavy atom. The third-order valence-corrected chi connectivity index (χ3v) is 2.37. The van der Waals surface area contributed by atoms with E-state index in [2.05, 4.69) is 10.6 Å². The van der Waals surface area contributed by atoms with Gasteiger partial charge in [0.1, 0.15) is 0 Å². The highest BCUT2D eigenvalue weighted by Gasteiger charge is 2.12. The van der Waals surface area contributed by atoms with E-state index >= 15 is 0 Å². The van der Waals surface area contributed by atoms with Crippen molar-refractivity contribution in [2.75, 3.05) is 25.0 Å². The van der Waals surface area contributed by atoms with E-state index in [0.29, 0.717) is 5.56 Å². The second-order valence-corrected chi connectivity index (χ2v) is 3.49. The first-order valence-electron chi connectivity index (χ1n) is 5.35. The van der Waals surface area contributed by atoms with E-state index in [1.54, 1.807) is 13.0 Å². The Morgan fingerprint density at radius 1 is 1.38 bits per heavy atom. The summed E-state index contributed by atoms with van der Waals surface area (Å²) in [4.78, 5) is 10.4. The van der Waals surface area contributed by atoms with Crippen molar-refractivity contribution in [3.63, 3.8) is 0 Å². The molecule has 1 rings (SSSR count). The van der Waals surface area contributed by atoms with Gasteiger partial charge in [-0.1, -0.05) is 13.0 Å². The lowest BCUT2D eigenvalue weighted by Crippen LogP contribution is -2.21. The van der Waals surface area contributed by atoms with Gasteiger partial charge in [-0.05, 0) is 19.5 Å². The maximum absolute atomic E-state index is 10.7. The second kappa shape index (κ2) is 6.07. The minimum absolute atomic E-state index is 0.161. The van der Waals surface area contributed by atoms with Crippen LogP contribution in [0.1, 0.15) is 12.5 Å². The molecule has 2 N–H and O–H groups in total. The lowest BCUT2D eigenvalue weighted by molar-refractivity contribution is -0.385. The van der Waals surface area contributed by atoms with Gasteiger partial charge in [0.25, 0.3) is 5.69 Å². The Morgan fingerprint density at radius 2 is 2.12 bits per heavy atom. The first-order chi connectivity index (χ1) is 7.66. The lowest BCUT2D eigenvalue weighted by Gasteiger charge is -2.09. The number of rotatable bonds is 6. The van der Waals surface area contributed by atoms with Crippen LogP contribution in [0.4, 0.5) is 11.4 Å². The average Bonchev–Trinajstić information content (AvgIpc) is 2.26. The van der Waals surface area contributed by atoms with E-state index in [1.807, 2.05) is 13.0 Å². The first-order valence-corrected chi connectivity index (χ1v) is 5.35. The predicted molar refractivity (Wildman–Crippen MR) is 64.9 cm³/mol. The third-order valence-electron chi connectivity index (χ3n) is 2.37. The summed E-state index contributed by atoms with van der Waals surface area (Å²) in [6.07, 6.45) is 0. The molecule has 1 aromatic carbocycles. The molecule has 0 saturated heterocycles. The van der Waals surface area contributed by atoms with Crippen LogP contribution in [0.25, 0.3) is 0 Å². The van der Waals surface area contributed by atoms with E-state index in [9.17, 15) is 10.1 Å². The van der Waals surface area contributed by atoms with Gasteiger partial charge >= 0.3 is 0 Å². The first kappa shape index (κ1) is 12.4. The quantitative estimate of drug-likeness (QED) is 0.439. The van der Waals surface area contributed by atoms with Gasteiger partial charge in [-0.15, -0.1) is 0 Å². The van der Waals surface area contributed by atoms with Gasteiger partial charge in [-0.3, -0.25) is 10.1 Å². The van der Waals surface area contributed by atoms with Crippen molar-refractivity contribution in [2.45, 2.75) is 13.8 Å². The van der Waals surface area contributed by atoms with Crippen LogP contribution >= 0.6 is 0 Å². The molecular weight excluding hydrogens is 206 g/mol. The van der Waals surface area contributed by atoms with Gasteiger partial charge in [0, 0.05) is 30.4 Å². The number of nitro benzene ring substituents is 1. The molecule has 0 aliphatic carbocycles. The zero-order valence-corrected chi connectivity index (χ0v) is 9.62. The smallest absolute Gasteiger partial charge is 0.274 e. The summed E-state index contributed by atoms with van der Waals surface area (Å²) < 4.78 is 0. The van der Waals surface area contributed by atoms with Gasteiger partial charge in [-0.2, -0.15) is 0 Å². The summed E-state index contributed by atoms with van der Waals surface area (Å²) in [5, 5.41) is 17.1. The number of benzene rings is 1. The summed E-state index contributed by atoms with van der Waals surface area (Å²) >= 11 is 0. The molecule has 0 amide bonds. The van der Waals surface area contributed by atoms with Crippen molar-refractivity contribution in [3.05, 3.63) is 33.9 Å². The van der Waals surface area contributed by atoms with Crippen LogP contribution in [0.2, 0.25) is 0 Å². The molecule has 0 aliphatic heterocycles. The molecule has 16 heavy (non-hydrogen) atoms. The van der Waals surface area contributed by atoms with Crippen LogP contribution in [-0.2, 0) is 0 Å². The number of likely N-dealkylation sites (N-methyl/N-ethyl adjacent to an activating group) is 1. The van der Waals surface area contributed by atoms with Gasteiger partial charge in [0.2, 0.25) is 0 Å². The molecule has 0 aliphatic rings. The van der Waals surface area contributed by atoms with E-state index in [1.165, 1.54) is 6.07 Å². The van der Waals surface area contributed by atoms with Gasteiger partial charge in [-0.25, -0.2) is 0 Å². The molecule has 0 bridgehead atoms. The van der Waals surface area contributed by atoms with Crippen molar-refractivity contribution >= 4 is 11.4 Å². The Kier molecular flexibility index (Phi) is 4.72. The molecule has 5 heteroatoms. The van der Waals surface area contributed by atoms with Crippen LogP contribution in [0, 0.1) is 17.0 Å². The second-order valence-electron chi connectivity index (χ2n) is 3.49. The molecule has 0 radical (unpaired) electrons. The number of anilines is 1. The molecule has 5 nitrogen and oxygen atoms in total. The standard InChI is InChI=1S/C11H17N3O2/c1-3-12-7-8-13-10-5-4-6-11(9(10)2)14(15)16/h4-6,12-13H,3,7-8H2,1-2H3. The van der Waals surface area contributed by atoms with Gasteiger partial charge in [0.05, 0.1) is 4.92 Å². The summed E-state index contributed by atoms with van der Waals surface area (Å²) in [5.41, 5.74) is 1.67. The normalized spacial score (nSPS) is 10.1. The topological polar surface area (TPSA) is 67.2 Å². The fraction of sp³-hybridized carbons (Fsp3) is 0.455. The Hall–Kier alpha value is -1.62. The van der Waals surface area contributed by atoms with E-state index in [-0.39, 0.29) is 10.6 Å². The molecule has 0 aromatic heterocycles. The monoisotopic (exact) mass is 223 g/mol. The number of hydrogen-bond donors (Lipinski definition) is 2. The summed E-state index contributed by atoms with van der Waals surface area (Å²) in [6, 6.07) is 5.07. The SMILES string of the molecule is CCNCCNc1cccc([N+](=O)[O-])c1C. The Balaban J connectivity index is 2.66. The maximum Gasteiger partial charge on any atom is 0.274 e. The van der Waals surface area contributed by atoms with Crippen LogP contribution in [0.3, 0.4) is 0 Å². The van der Waals surface area contributed by atoms with Crippen LogP contribution in [0.5, 0.6) is 0 Å². The number of hydrogen-bond acceptors (Lipinski definition) is 4. The zero-order chi connectivity index (χ0) is 12.0. The fourth-order valence-electron chi connectivity index (χ4n) is 1.48. The summed E-state index contributed by atoms with van der Waals surface area (Å²) in [7, 11) is 0. The zero-order valence-electron chi connectivity index (χ0n) is 9.62. The minimum Gasteiger partial charge on any atom is -0.383 e. The van der Waals surface area contributed by atoms with Crippen molar-refractivity contribution in [3.8, 4) is 0 Å². The molecule has 0 fully saturated rings. The van der Waals surface area contributed by atoms with E-state index in [0.717, 1.165) is 25.3 Å². The van der Waals surface area contributed by atoms with Gasteiger partial charge < -0.3 is 10.6 Å². The Labute approximate surface area is 95.0 Å². The minimum atomic E-state index is -0.356. The van der Waals surface area contributed by atoms with Crippen molar-refractivity contribution in [2.24, 2.45) is 0 Å². The molecule has 0 saturated carbocycles. The molecule has 1 aromatic rings. The molecule has 0 heterocycles. The molecule has 88 valence electrons. The van der Waals surface area contributed by atoms with Gasteiger partial charge in [0.15, 0.2) is 0 Å².